The molecule has 0 radical (unpaired) electrons. The number of esters is 1. The van der Waals surface area contributed by atoms with Gasteiger partial charge in [0.2, 0.25) is 5.95 Å². The largest absolute Gasteiger partial charge is 0.464 e. The number of carbonyl (C=O) groups is 1. The van der Waals surface area contributed by atoms with Gasteiger partial charge in [0.1, 0.15) is 5.82 Å². The number of halogens is 2. The second-order valence-electron chi connectivity index (χ2n) is 3.98. The van der Waals surface area contributed by atoms with Crippen LogP contribution in [0.4, 0.5) is 8.78 Å². The maximum atomic E-state index is 13.7. The van der Waals surface area contributed by atoms with Crippen molar-refractivity contribution in [3.8, 4) is 0 Å². The summed E-state index contributed by atoms with van der Waals surface area (Å²) >= 11 is 0. The quantitative estimate of drug-likeness (QED) is 0.802. The molecule has 100 valence electrons. The van der Waals surface area contributed by atoms with Gasteiger partial charge in [-0.25, -0.2) is 14.2 Å². The summed E-state index contributed by atoms with van der Waals surface area (Å²) in [4.78, 5) is 15.0. The molecule has 4 nitrogen and oxygen atoms in total. The third kappa shape index (κ3) is 2.33. The minimum atomic E-state index is -0.935. The Labute approximate surface area is 108 Å². The Hall–Kier alpha value is -2.24. The van der Waals surface area contributed by atoms with Crippen molar-refractivity contribution in [1.82, 2.24) is 9.55 Å². The maximum Gasteiger partial charge on any atom is 0.359 e. The van der Waals surface area contributed by atoms with E-state index < -0.39 is 23.8 Å². The van der Waals surface area contributed by atoms with E-state index in [0.717, 1.165) is 13.4 Å². The molecule has 1 atom stereocenters. The zero-order chi connectivity index (χ0) is 14.0. The number of carbonyl (C=O) groups excluding carboxylic acids is 1. The van der Waals surface area contributed by atoms with Gasteiger partial charge in [-0.2, -0.15) is 4.39 Å². The van der Waals surface area contributed by atoms with Gasteiger partial charge >= 0.3 is 5.97 Å². The van der Waals surface area contributed by atoms with E-state index in [0.29, 0.717) is 5.56 Å². The molecule has 0 aliphatic heterocycles. The van der Waals surface area contributed by atoms with E-state index in [-0.39, 0.29) is 5.69 Å². The van der Waals surface area contributed by atoms with Crippen LogP contribution < -0.4 is 0 Å². The Kier molecular flexibility index (Phi) is 3.59. The minimum absolute atomic E-state index is 0.321. The number of benzene rings is 1. The molecule has 1 aromatic heterocycles. The lowest BCUT2D eigenvalue weighted by molar-refractivity contribution is 0.0581. The zero-order valence-corrected chi connectivity index (χ0v) is 10.4. The molecular formula is C13H12F2N2O2. The number of methoxy groups -OCH3 is 1. The molecule has 0 spiro atoms. The number of aromatic nitrogens is 2. The first-order chi connectivity index (χ1) is 9.06. The summed E-state index contributed by atoms with van der Waals surface area (Å²) in [5.74, 6) is -2.21. The predicted molar refractivity (Wildman–Crippen MR) is 63.7 cm³/mol. The van der Waals surface area contributed by atoms with Crippen molar-refractivity contribution in [3.63, 3.8) is 0 Å². The molecule has 0 unspecified atom stereocenters. The van der Waals surface area contributed by atoms with Crippen LogP contribution in [0.1, 0.15) is 29.0 Å². The number of nitrogens with zero attached hydrogens (tertiary/aromatic N) is 2. The number of rotatable bonds is 3. The molecule has 1 aromatic carbocycles. The van der Waals surface area contributed by atoms with E-state index in [1.54, 1.807) is 25.1 Å². The number of ether oxygens (including phenoxy) is 1. The summed E-state index contributed by atoms with van der Waals surface area (Å²) in [6, 6.07) is 5.52. The van der Waals surface area contributed by atoms with Gasteiger partial charge in [0.15, 0.2) is 5.69 Å². The Morgan fingerprint density at radius 2 is 2.05 bits per heavy atom. The minimum Gasteiger partial charge on any atom is -0.464 e. The first-order valence-electron chi connectivity index (χ1n) is 5.61. The smallest absolute Gasteiger partial charge is 0.359 e. The summed E-state index contributed by atoms with van der Waals surface area (Å²) in [5.41, 5.74) is 0.0170. The second-order valence-corrected chi connectivity index (χ2v) is 3.98. The molecule has 0 saturated carbocycles. The van der Waals surface area contributed by atoms with Crippen molar-refractivity contribution in [2.45, 2.75) is 13.0 Å². The van der Waals surface area contributed by atoms with Gasteiger partial charge in [0.05, 0.1) is 19.5 Å². The normalized spacial score (nSPS) is 12.2. The van der Waals surface area contributed by atoms with Crippen LogP contribution in [0.2, 0.25) is 0 Å². The third-order valence-corrected chi connectivity index (χ3v) is 2.90. The molecule has 0 aliphatic rings. The molecule has 19 heavy (non-hydrogen) atoms. The fourth-order valence-electron chi connectivity index (χ4n) is 1.88. The first-order valence-corrected chi connectivity index (χ1v) is 5.61. The fourth-order valence-corrected chi connectivity index (χ4v) is 1.88. The molecule has 2 rings (SSSR count). The van der Waals surface area contributed by atoms with Crippen LogP contribution in [0.3, 0.4) is 0 Å². The van der Waals surface area contributed by atoms with Crippen LogP contribution in [0.25, 0.3) is 0 Å². The van der Waals surface area contributed by atoms with Gasteiger partial charge in [-0.15, -0.1) is 0 Å². The third-order valence-electron chi connectivity index (χ3n) is 2.90. The van der Waals surface area contributed by atoms with Crippen molar-refractivity contribution in [3.05, 3.63) is 53.6 Å². The first kappa shape index (κ1) is 13.2. The van der Waals surface area contributed by atoms with Gasteiger partial charge in [-0.3, -0.25) is 0 Å². The van der Waals surface area contributed by atoms with E-state index in [1.165, 1.54) is 10.6 Å². The Morgan fingerprint density at radius 3 is 2.68 bits per heavy atom. The van der Waals surface area contributed by atoms with Crippen molar-refractivity contribution < 1.29 is 18.3 Å². The van der Waals surface area contributed by atoms with Crippen LogP contribution in [-0.2, 0) is 4.74 Å². The highest BCUT2D eigenvalue weighted by atomic mass is 19.1. The lowest BCUT2D eigenvalue weighted by atomic mass is 10.1. The van der Waals surface area contributed by atoms with Gasteiger partial charge < -0.3 is 9.30 Å². The summed E-state index contributed by atoms with van der Waals surface area (Å²) in [6.07, 6.45) is 1.15. The predicted octanol–water partition coefficient (Wildman–Crippen LogP) is 2.56. The lowest BCUT2D eigenvalue weighted by Gasteiger charge is -2.16. The summed E-state index contributed by atoms with van der Waals surface area (Å²) in [5, 5.41) is 0. The van der Waals surface area contributed by atoms with Crippen LogP contribution in [0, 0.1) is 11.8 Å². The van der Waals surface area contributed by atoms with Crippen LogP contribution in [0.5, 0.6) is 0 Å². The van der Waals surface area contributed by atoms with Crippen LogP contribution >= 0.6 is 0 Å². The molecule has 0 fully saturated rings. The topological polar surface area (TPSA) is 44.1 Å². The molecule has 1 heterocycles. The van der Waals surface area contributed by atoms with Crippen molar-refractivity contribution in [2.24, 2.45) is 0 Å². The van der Waals surface area contributed by atoms with Gasteiger partial charge in [0.25, 0.3) is 0 Å². The number of hydrogen-bond donors (Lipinski definition) is 0. The van der Waals surface area contributed by atoms with E-state index in [1.807, 2.05) is 0 Å². The average Bonchev–Trinajstić information content (AvgIpc) is 2.79. The Balaban J connectivity index is 2.48. The molecule has 2 aromatic rings. The lowest BCUT2D eigenvalue weighted by Crippen LogP contribution is -2.16. The molecule has 0 amide bonds. The van der Waals surface area contributed by atoms with Crippen molar-refractivity contribution in [1.29, 1.82) is 0 Å². The fraction of sp³-hybridized carbons (Fsp3) is 0.231. The molecule has 0 saturated heterocycles. The monoisotopic (exact) mass is 266 g/mol. The summed E-state index contributed by atoms with van der Waals surface area (Å²) < 4.78 is 32.9. The number of imidazole rings is 1. The van der Waals surface area contributed by atoms with E-state index in [4.69, 9.17) is 0 Å². The van der Waals surface area contributed by atoms with E-state index >= 15 is 0 Å². The average molecular weight is 266 g/mol. The SMILES string of the molecule is COC(=O)c1c(F)ncn1[C@H](C)c1ccccc1F. The standard InChI is InChI=1S/C13H12F2N2O2/c1-8(9-5-3-4-6-10(9)14)17-7-16-12(15)11(17)13(18)19-2/h3-8H,1-2H3/t8-/m1/s1. The van der Waals surface area contributed by atoms with Gasteiger partial charge in [0, 0.05) is 5.56 Å². The number of hydrogen-bond acceptors (Lipinski definition) is 3. The highest BCUT2D eigenvalue weighted by Crippen LogP contribution is 2.23. The molecule has 0 bridgehead atoms. The van der Waals surface area contributed by atoms with Gasteiger partial charge in [-0.05, 0) is 13.0 Å². The van der Waals surface area contributed by atoms with Crippen LogP contribution in [0.15, 0.2) is 30.6 Å². The van der Waals surface area contributed by atoms with Crippen molar-refractivity contribution in [2.75, 3.05) is 7.11 Å². The molecular weight excluding hydrogens is 254 g/mol. The Morgan fingerprint density at radius 1 is 1.37 bits per heavy atom. The molecule has 0 aliphatic carbocycles. The van der Waals surface area contributed by atoms with Crippen LogP contribution in [-0.4, -0.2) is 22.6 Å². The van der Waals surface area contributed by atoms with Gasteiger partial charge in [-0.1, -0.05) is 18.2 Å². The van der Waals surface area contributed by atoms with E-state index in [9.17, 15) is 13.6 Å². The molecule has 6 heteroatoms. The summed E-state index contributed by atoms with van der Waals surface area (Å²) in [7, 11) is 1.15. The highest BCUT2D eigenvalue weighted by molar-refractivity contribution is 5.87. The second kappa shape index (κ2) is 5.17. The molecule has 0 N–H and O–H groups in total. The highest BCUT2D eigenvalue weighted by Gasteiger charge is 2.24. The summed E-state index contributed by atoms with van der Waals surface area (Å²) in [6.45, 7) is 1.64. The van der Waals surface area contributed by atoms with Crippen molar-refractivity contribution >= 4 is 5.97 Å². The Bertz CT molecular complexity index is 610. The zero-order valence-electron chi connectivity index (χ0n) is 10.4. The maximum absolute atomic E-state index is 13.7. The van der Waals surface area contributed by atoms with E-state index in [2.05, 4.69) is 9.72 Å².